The van der Waals surface area contributed by atoms with Crippen LogP contribution < -0.4 is 14.4 Å². The first kappa shape index (κ1) is 29.9. The van der Waals surface area contributed by atoms with E-state index in [1.807, 2.05) is 97.3 Å². The van der Waals surface area contributed by atoms with Crippen molar-refractivity contribution in [1.82, 2.24) is 30.0 Å². The van der Waals surface area contributed by atoms with Crippen molar-refractivity contribution in [3.8, 4) is 11.5 Å². The van der Waals surface area contributed by atoms with Gasteiger partial charge >= 0.3 is 0 Å². The lowest BCUT2D eigenvalue weighted by Crippen LogP contribution is -2.59. The van der Waals surface area contributed by atoms with Crippen LogP contribution in [0.1, 0.15) is 34.1 Å². The van der Waals surface area contributed by atoms with E-state index in [0.717, 1.165) is 33.8 Å². The van der Waals surface area contributed by atoms with Gasteiger partial charge in [-0.15, -0.1) is 10.2 Å². The summed E-state index contributed by atoms with van der Waals surface area (Å²) in [5, 5.41) is 16.9. The molecule has 1 amide bonds. The van der Waals surface area contributed by atoms with E-state index in [9.17, 15) is 4.79 Å². The molecule has 2 aromatic heterocycles. The number of ether oxygens (including phenoxy) is 3. The van der Waals surface area contributed by atoms with E-state index in [1.165, 1.54) is 0 Å². The number of hydrogen-bond acceptors (Lipinski definition) is 8. The highest BCUT2D eigenvalue weighted by Gasteiger charge is 2.49. The molecule has 1 aliphatic rings. The molecule has 0 saturated carbocycles. The largest absolute Gasteiger partial charge is 0.487 e. The van der Waals surface area contributed by atoms with Crippen LogP contribution in [0, 0.1) is 0 Å². The number of anilines is 1. The van der Waals surface area contributed by atoms with Gasteiger partial charge < -0.3 is 14.2 Å². The van der Waals surface area contributed by atoms with Gasteiger partial charge in [-0.1, -0.05) is 83.2 Å². The van der Waals surface area contributed by atoms with Crippen molar-refractivity contribution < 1.29 is 19.0 Å². The first-order valence-electron chi connectivity index (χ1n) is 15.3. The summed E-state index contributed by atoms with van der Waals surface area (Å²) in [6.07, 6.45) is 3.19. The number of carbonyl (C=O) groups is 1. The topological polar surface area (TPSA) is 109 Å². The van der Waals surface area contributed by atoms with Crippen molar-refractivity contribution in [3.05, 3.63) is 150 Å². The van der Waals surface area contributed by atoms with Crippen LogP contribution in [0.3, 0.4) is 0 Å². The summed E-state index contributed by atoms with van der Waals surface area (Å²) >= 11 is 0. The molecule has 0 N–H and O–H groups in total. The number of methoxy groups -OCH3 is 1. The maximum atomic E-state index is 13.1. The van der Waals surface area contributed by atoms with Gasteiger partial charge in [0, 0.05) is 12.8 Å². The predicted molar refractivity (Wildman–Crippen MR) is 174 cm³/mol. The molecule has 3 heterocycles. The molecular weight excluding hydrogens is 594 g/mol. The summed E-state index contributed by atoms with van der Waals surface area (Å²) in [6.45, 7) is 1.87. The molecule has 6 aromatic rings. The van der Waals surface area contributed by atoms with Crippen LogP contribution in [0.25, 0.3) is 0 Å². The number of nitrogens with zero attached hydrogens (tertiary/aromatic N) is 7. The molecule has 47 heavy (non-hydrogen) atoms. The highest BCUT2D eigenvalue weighted by Crippen LogP contribution is 2.41. The summed E-state index contributed by atoms with van der Waals surface area (Å²) in [6, 6.07) is 35.1. The Bertz CT molecular complexity index is 1910. The Morgan fingerprint density at radius 1 is 0.638 bits per heavy atom. The first-order chi connectivity index (χ1) is 23.1. The number of amides is 1. The zero-order valence-corrected chi connectivity index (χ0v) is 25.8. The summed E-state index contributed by atoms with van der Waals surface area (Å²) in [7, 11) is 1.56. The van der Waals surface area contributed by atoms with Gasteiger partial charge in [0.05, 0.1) is 31.5 Å². The third-order valence-electron chi connectivity index (χ3n) is 7.96. The molecule has 4 aromatic carbocycles. The molecule has 1 fully saturated rings. The van der Waals surface area contributed by atoms with Crippen LogP contribution in [0.4, 0.5) is 5.69 Å². The van der Waals surface area contributed by atoms with Crippen molar-refractivity contribution in [2.45, 2.75) is 38.4 Å². The number of aromatic nitrogens is 6. The van der Waals surface area contributed by atoms with Gasteiger partial charge in [-0.25, -0.2) is 9.36 Å². The molecule has 1 saturated heterocycles. The van der Waals surface area contributed by atoms with Crippen LogP contribution in [0.5, 0.6) is 11.5 Å². The zero-order valence-electron chi connectivity index (χ0n) is 25.8. The van der Waals surface area contributed by atoms with E-state index < -0.39 is 6.10 Å². The van der Waals surface area contributed by atoms with Gasteiger partial charge in [0.25, 0.3) is 5.91 Å². The quantitative estimate of drug-likeness (QED) is 0.160. The number of benzene rings is 4. The second-order valence-electron chi connectivity index (χ2n) is 11.2. The smallest absolute Gasteiger partial charge is 0.259 e. The van der Waals surface area contributed by atoms with Gasteiger partial charge in [0.2, 0.25) is 0 Å². The molecule has 236 valence electrons. The molecule has 2 unspecified atom stereocenters. The maximum absolute atomic E-state index is 13.1. The van der Waals surface area contributed by atoms with Crippen molar-refractivity contribution in [2.24, 2.45) is 0 Å². The van der Waals surface area contributed by atoms with E-state index in [2.05, 4.69) is 44.9 Å². The number of rotatable bonds is 13. The Morgan fingerprint density at radius 3 is 1.62 bits per heavy atom. The Balaban J connectivity index is 0.945. The lowest BCUT2D eigenvalue weighted by atomic mass is 9.89. The van der Waals surface area contributed by atoms with Crippen LogP contribution in [0.15, 0.2) is 122 Å². The van der Waals surface area contributed by atoms with E-state index in [-0.39, 0.29) is 18.6 Å². The molecular formula is C36H33N7O4. The molecule has 11 nitrogen and oxygen atoms in total. The molecule has 2 atom stereocenters. The fourth-order valence-electron chi connectivity index (χ4n) is 5.59. The van der Waals surface area contributed by atoms with E-state index in [1.54, 1.807) is 21.4 Å². The Morgan fingerprint density at radius 2 is 1.13 bits per heavy atom. The van der Waals surface area contributed by atoms with Crippen LogP contribution in [-0.4, -0.2) is 49.1 Å². The third kappa shape index (κ3) is 6.90. The van der Waals surface area contributed by atoms with Gasteiger partial charge in [0.1, 0.15) is 36.1 Å². The van der Waals surface area contributed by atoms with Crippen LogP contribution in [0.2, 0.25) is 0 Å². The average molecular weight is 628 g/mol. The highest BCUT2D eigenvalue weighted by atomic mass is 16.5. The summed E-state index contributed by atoms with van der Waals surface area (Å²) in [5.41, 5.74) is 5.47. The van der Waals surface area contributed by atoms with E-state index >= 15 is 0 Å². The van der Waals surface area contributed by atoms with Gasteiger partial charge in [-0.05, 0) is 53.1 Å². The summed E-state index contributed by atoms with van der Waals surface area (Å²) in [5.74, 6) is 1.26. The number of hydrogen-bond donors (Lipinski definition) is 0. The second kappa shape index (κ2) is 13.7. The van der Waals surface area contributed by atoms with Gasteiger partial charge in [-0.3, -0.25) is 9.69 Å². The summed E-state index contributed by atoms with van der Waals surface area (Å²) in [4.78, 5) is 14.8. The molecule has 0 aliphatic carbocycles. The first-order valence-corrected chi connectivity index (χ1v) is 15.3. The molecule has 0 radical (unpaired) electrons. The Kier molecular flexibility index (Phi) is 8.69. The minimum atomic E-state index is -0.573. The molecule has 11 heteroatoms. The maximum Gasteiger partial charge on any atom is 0.259 e. The van der Waals surface area contributed by atoms with Crippen molar-refractivity contribution in [1.29, 1.82) is 0 Å². The average Bonchev–Trinajstić information content (AvgIpc) is 3.76. The fourth-order valence-corrected chi connectivity index (χ4v) is 5.59. The fraction of sp³-hybridized carbons (Fsp3) is 0.194. The highest BCUT2D eigenvalue weighted by molar-refractivity contribution is 6.05. The monoisotopic (exact) mass is 627 g/mol. The van der Waals surface area contributed by atoms with Gasteiger partial charge in [-0.2, -0.15) is 0 Å². The van der Waals surface area contributed by atoms with Crippen molar-refractivity contribution >= 4 is 11.6 Å². The SMILES string of the molecule is COC1C(=O)N(c2ccc(OCc3cn(Cc4ccccc4)nn3)cc2)C1c1ccc(OCc2cn(Cc3ccccc3)nn2)cc1. The number of β-lactam (4-membered cyclic amide) rings is 1. The Hall–Kier alpha value is -5.81. The van der Waals surface area contributed by atoms with Crippen LogP contribution in [-0.2, 0) is 35.8 Å². The predicted octanol–water partition coefficient (Wildman–Crippen LogP) is 5.23. The normalized spacial score (nSPS) is 15.8. The van der Waals surface area contributed by atoms with Crippen molar-refractivity contribution in [3.63, 3.8) is 0 Å². The number of carbonyl (C=O) groups excluding carboxylic acids is 1. The minimum Gasteiger partial charge on any atom is -0.487 e. The molecule has 7 rings (SSSR count). The molecule has 1 aliphatic heterocycles. The lowest BCUT2D eigenvalue weighted by Gasteiger charge is -2.46. The van der Waals surface area contributed by atoms with Crippen molar-refractivity contribution in [2.75, 3.05) is 12.0 Å². The standard InChI is InChI=1S/C36H33N7O4/c1-45-35-34(28-12-16-32(17-13-28)46-24-29-22-41(39-37-29)20-26-8-4-2-5-9-26)43(36(35)44)31-14-18-33(19-15-31)47-25-30-23-42(40-38-30)21-27-10-6-3-7-11-27/h2-19,22-23,34-35H,20-21,24-25H2,1H3. The minimum absolute atomic E-state index is 0.0971. The second-order valence-corrected chi connectivity index (χ2v) is 11.2. The zero-order chi connectivity index (χ0) is 32.0. The summed E-state index contributed by atoms with van der Waals surface area (Å²) < 4.78 is 21.1. The Labute approximate surface area is 271 Å². The van der Waals surface area contributed by atoms with Gasteiger partial charge in [0.15, 0.2) is 6.10 Å². The lowest BCUT2D eigenvalue weighted by molar-refractivity contribution is -0.139. The molecule has 0 spiro atoms. The van der Waals surface area contributed by atoms with E-state index in [0.29, 0.717) is 31.2 Å². The third-order valence-corrected chi connectivity index (χ3v) is 7.96. The van der Waals surface area contributed by atoms with Crippen LogP contribution >= 0.6 is 0 Å². The molecule has 0 bridgehead atoms. The van der Waals surface area contributed by atoms with E-state index in [4.69, 9.17) is 14.2 Å².